The fourth-order valence-corrected chi connectivity index (χ4v) is 1.18. The Bertz CT molecular complexity index is 325. The van der Waals surface area contributed by atoms with Crippen molar-refractivity contribution in [3.05, 3.63) is 29.6 Å². The average molecular weight is 207 g/mol. The molecule has 1 amide bonds. The summed E-state index contributed by atoms with van der Waals surface area (Å²) in [7, 11) is 0. The molecular weight excluding hydrogens is 190 g/mol. The van der Waals surface area contributed by atoms with Crippen LogP contribution in [0.25, 0.3) is 0 Å². The zero-order valence-corrected chi connectivity index (χ0v) is 9.21. The van der Waals surface area contributed by atoms with Crippen molar-refractivity contribution in [3.8, 4) is 0 Å². The fraction of sp³-hybridized carbons (Fsp3) is 0.455. The first-order chi connectivity index (χ1) is 7.24. The Balaban J connectivity index is 2.37. The number of hydrogen-bond acceptors (Lipinski definition) is 3. The number of carbonyl (C=O) groups excluding carboxylic acids is 1. The van der Waals surface area contributed by atoms with Gasteiger partial charge in [0.2, 0.25) is 5.91 Å². The van der Waals surface area contributed by atoms with E-state index in [1.807, 2.05) is 19.9 Å². The maximum Gasteiger partial charge on any atom is 0.234 e. The van der Waals surface area contributed by atoms with Crippen LogP contribution in [0.2, 0.25) is 0 Å². The van der Waals surface area contributed by atoms with Crippen LogP contribution in [0.5, 0.6) is 0 Å². The predicted octanol–water partition coefficient (Wildman–Crippen LogP) is 0.616. The average Bonchev–Trinajstić information content (AvgIpc) is 2.25. The summed E-state index contributed by atoms with van der Waals surface area (Å²) < 4.78 is 0. The molecule has 0 aliphatic heterocycles. The number of carbonyl (C=O) groups is 1. The predicted molar refractivity (Wildman–Crippen MR) is 59.4 cm³/mol. The molecule has 4 heteroatoms. The van der Waals surface area contributed by atoms with Crippen LogP contribution in [-0.4, -0.2) is 24.0 Å². The van der Waals surface area contributed by atoms with Gasteiger partial charge in [0, 0.05) is 18.9 Å². The first-order valence-electron chi connectivity index (χ1n) is 5.11. The van der Waals surface area contributed by atoms with Crippen LogP contribution < -0.4 is 10.6 Å². The van der Waals surface area contributed by atoms with E-state index in [9.17, 15) is 4.79 Å². The molecule has 0 atom stereocenters. The van der Waals surface area contributed by atoms with Crippen molar-refractivity contribution >= 4 is 5.91 Å². The number of aromatic nitrogens is 1. The molecule has 1 aromatic rings. The quantitative estimate of drug-likeness (QED) is 0.744. The molecule has 2 N–H and O–H groups in total. The van der Waals surface area contributed by atoms with Gasteiger partial charge in [-0.05, 0) is 30.7 Å². The van der Waals surface area contributed by atoms with Gasteiger partial charge in [-0.2, -0.15) is 0 Å². The van der Waals surface area contributed by atoms with E-state index in [0.717, 1.165) is 17.7 Å². The molecule has 0 saturated carbocycles. The van der Waals surface area contributed by atoms with E-state index in [2.05, 4.69) is 15.6 Å². The van der Waals surface area contributed by atoms with E-state index < -0.39 is 0 Å². The first kappa shape index (κ1) is 11.7. The number of pyridine rings is 1. The lowest BCUT2D eigenvalue weighted by atomic mass is 10.1. The summed E-state index contributed by atoms with van der Waals surface area (Å²) in [5.74, 6) is 0.0140. The summed E-state index contributed by atoms with van der Waals surface area (Å²) in [4.78, 5) is 15.3. The zero-order chi connectivity index (χ0) is 11.1. The highest BCUT2D eigenvalue weighted by Gasteiger charge is 2.01. The van der Waals surface area contributed by atoms with Crippen molar-refractivity contribution in [1.29, 1.82) is 0 Å². The molecule has 0 aliphatic rings. The summed E-state index contributed by atoms with van der Waals surface area (Å²) in [6.45, 7) is 5.70. The topological polar surface area (TPSA) is 54.0 Å². The molecule has 4 nitrogen and oxygen atoms in total. The normalized spacial score (nSPS) is 10.0. The van der Waals surface area contributed by atoms with Crippen LogP contribution in [0.15, 0.2) is 18.5 Å². The molecule has 82 valence electrons. The van der Waals surface area contributed by atoms with Gasteiger partial charge in [0.05, 0.1) is 6.54 Å². The molecule has 1 heterocycles. The third-order valence-electron chi connectivity index (χ3n) is 2.16. The molecular formula is C11H17N3O. The fourth-order valence-electron chi connectivity index (χ4n) is 1.18. The molecule has 0 radical (unpaired) electrons. The number of likely N-dealkylation sites (N-methyl/N-ethyl adjacent to an activating group) is 1. The van der Waals surface area contributed by atoms with E-state index in [1.165, 1.54) is 0 Å². The standard InChI is InChI=1S/C11H17N3O/c1-3-12-8-11(15)14-7-10-6-13-5-4-9(10)2/h4-6,12H,3,7-8H2,1-2H3,(H,14,15). The summed E-state index contributed by atoms with van der Waals surface area (Å²) >= 11 is 0. The van der Waals surface area contributed by atoms with Gasteiger partial charge in [0.1, 0.15) is 0 Å². The lowest BCUT2D eigenvalue weighted by molar-refractivity contribution is -0.120. The highest BCUT2D eigenvalue weighted by molar-refractivity contribution is 5.77. The van der Waals surface area contributed by atoms with Gasteiger partial charge < -0.3 is 10.6 Å². The number of aryl methyl sites for hydroxylation is 1. The highest BCUT2D eigenvalue weighted by Crippen LogP contribution is 2.03. The lowest BCUT2D eigenvalue weighted by Gasteiger charge is -2.07. The molecule has 0 aliphatic carbocycles. The second kappa shape index (κ2) is 6.14. The summed E-state index contributed by atoms with van der Waals surface area (Å²) in [5, 5.41) is 5.80. The minimum Gasteiger partial charge on any atom is -0.351 e. The number of nitrogens with zero attached hydrogens (tertiary/aromatic N) is 1. The Kier molecular flexibility index (Phi) is 4.77. The Morgan fingerprint density at radius 1 is 1.53 bits per heavy atom. The third kappa shape index (κ3) is 4.08. The number of rotatable bonds is 5. The Hall–Kier alpha value is -1.42. The molecule has 0 saturated heterocycles. The van der Waals surface area contributed by atoms with Crippen LogP contribution in [0, 0.1) is 6.92 Å². The number of nitrogens with one attached hydrogen (secondary N) is 2. The van der Waals surface area contributed by atoms with Crippen molar-refractivity contribution in [2.24, 2.45) is 0 Å². The van der Waals surface area contributed by atoms with Crippen molar-refractivity contribution in [3.63, 3.8) is 0 Å². The number of amides is 1. The second-order valence-corrected chi connectivity index (χ2v) is 3.36. The van der Waals surface area contributed by atoms with Gasteiger partial charge in [-0.15, -0.1) is 0 Å². The van der Waals surface area contributed by atoms with Crippen molar-refractivity contribution in [2.45, 2.75) is 20.4 Å². The SMILES string of the molecule is CCNCC(=O)NCc1cnccc1C. The van der Waals surface area contributed by atoms with Crippen molar-refractivity contribution < 1.29 is 4.79 Å². The largest absolute Gasteiger partial charge is 0.351 e. The third-order valence-corrected chi connectivity index (χ3v) is 2.16. The maximum absolute atomic E-state index is 11.3. The molecule has 0 spiro atoms. The molecule has 0 fully saturated rings. The minimum absolute atomic E-state index is 0.0140. The van der Waals surface area contributed by atoms with Gasteiger partial charge in [-0.25, -0.2) is 0 Å². The van der Waals surface area contributed by atoms with Gasteiger partial charge in [-0.3, -0.25) is 9.78 Å². The summed E-state index contributed by atoms with van der Waals surface area (Å²) in [6.07, 6.45) is 3.53. The minimum atomic E-state index is 0.0140. The monoisotopic (exact) mass is 207 g/mol. The van der Waals surface area contributed by atoms with Crippen molar-refractivity contribution in [2.75, 3.05) is 13.1 Å². The molecule has 1 rings (SSSR count). The number of hydrogen-bond donors (Lipinski definition) is 2. The van der Waals surface area contributed by atoms with Gasteiger partial charge in [0.15, 0.2) is 0 Å². The van der Waals surface area contributed by atoms with Crippen LogP contribution in [0.3, 0.4) is 0 Å². The second-order valence-electron chi connectivity index (χ2n) is 3.36. The van der Waals surface area contributed by atoms with E-state index in [0.29, 0.717) is 13.1 Å². The van der Waals surface area contributed by atoms with E-state index in [4.69, 9.17) is 0 Å². The smallest absolute Gasteiger partial charge is 0.234 e. The van der Waals surface area contributed by atoms with Crippen LogP contribution in [-0.2, 0) is 11.3 Å². The zero-order valence-electron chi connectivity index (χ0n) is 9.21. The highest BCUT2D eigenvalue weighted by atomic mass is 16.1. The molecule has 0 bridgehead atoms. The molecule has 1 aromatic heterocycles. The summed E-state index contributed by atoms with van der Waals surface area (Å²) in [6, 6.07) is 1.94. The maximum atomic E-state index is 11.3. The molecule has 0 unspecified atom stereocenters. The Morgan fingerprint density at radius 2 is 2.33 bits per heavy atom. The van der Waals surface area contributed by atoms with Gasteiger partial charge in [0.25, 0.3) is 0 Å². The molecule has 0 aromatic carbocycles. The lowest BCUT2D eigenvalue weighted by Crippen LogP contribution is -2.33. The molecule has 15 heavy (non-hydrogen) atoms. The van der Waals surface area contributed by atoms with Crippen LogP contribution in [0.1, 0.15) is 18.1 Å². The van der Waals surface area contributed by atoms with E-state index in [-0.39, 0.29) is 5.91 Å². The van der Waals surface area contributed by atoms with E-state index in [1.54, 1.807) is 12.4 Å². The van der Waals surface area contributed by atoms with Gasteiger partial charge in [-0.1, -0.05) is 6.92 Å². The van der Waals surface area contributed by atoms with Crippen molar-refractivity contribution in [1.82, 2.24) is 15.6 Å². The van der Waals surface area contributed by atoms with Gasteiger partial charge >= 0.3 is 0 Å². The Morgan fingerprint density at radius 3 is 3.00 bits per heavy atom. The van der Waals surface area contributed by atoms with Crippen LogP contribution >= 0.6 is 0 Å². The first-order valence-corrected chi connectivity index (χ1v) is 5.11. The van der Waals surface area contributed by atoms with Crippen LogP contribution in [0.4, 0.5) is 0 Å². The van der Waals surface area contributed by atoms with E-state index >= 15 is 0 Å². The summed E-state index contributed by atoms with van der Waals surface area (Å²) in [5.41, 5.74) is 2.20. The Labute approximate surface area is 90.1 Å².